The van der Waals surface area contributed by atoms with Crippen molar-refractivity contribution in [2.45, 2.75) is 111 Å². The monoisotopic (exact) mass is 416 g/mol. The van der Waals surface area contributed by atoms with E-state index in [1.54, 1.807) is 0 Å². The number of hydrogen-bond donors (Lipinski definition) is 2. The third-order valence-corrected chi connectivity index (χ3v) is 10.8. The number of hydrogen-bond acceptors (Lipinski definition) is 3. The van der Waals surface area contributed by atoms with Crippen LogP contribution >= 0.6 is 0 Å². The van der Waals surface area contributed by atoms with Crippen molar-refractivity contribution < 1.29 is 14.9 Å². The third-order valence-electron chi connectivity index (χ3n) is 10.8. The summed E-state index contributed by atoms with van der Waals surface area (Å²) in [4.78, 5) is 0. The molecular formula is C27H44O3. The Labute approximate surface area is 183 Å². The van der Waals surface area contributed by atoms with Crippen LogP contribution in [0.25, 0.3) is 0 Å². The number of allylic oxidation sites excluding steroid dienone is 1. The highest BCUT2D eigenvalue weighted by Crippen LogP contribution is 2.69. The van der Waals surface area contributed by atoms with Crippen molar-refractivity contribution >= 4 is 0 Å². The Bertz CT molecular complexity index is 713. The Balaban J connectivity index is 1.42. The Morgan fingerprint density at radius 1 is 1.03 bits per heavy atom. The van der Waals surface area contributed by atoms with Crippen molar-refractivity contribution in [3.8, 4) is 0 Å². The van der Waals surface area contributed by atoms with Crippen molar-refractivity contribution in [1.82, 2.24) is 0 Å². The van der Waals surface area contributed by atoms with Crippen LogP contribution in [0.1, 0.15) is 92.4 Å². The molecule has 170 valence electrons. The molecular weight excluding hydrogens is 372 g/mol. The van der Waals surface area contributed by atoms with Gasteiger partial charge in [-0.1, -0.05) is 27.7 Å². The Morgan fingerprint density at radius 2 is 1.77 bits per heavy atom. The first-order valence-electron chi connectivity index (χ1n) is 12.9. The molecule has 4 fully saturated rings. The highest BCUT2D eigenvalue weighted by Gasteiger charge is 2.68. The lowest BCUT2D eigenvalue weighted by atomic mass is 9.44. The minimum absolute atomic E-state index is 0.0142. The van der Waals surface area contributed by atoms with Gasteiger partial charge < -0.3 is 14.9 Å². The molecule has 10 atom stereocenters. The largest absolute Gasteiger partial charge is 0.491 e. The van der Waals surface area contributed by atoms with Crippen molar-refractivity contribution in [1.29, 1.82) is 0 Å². The van der Waals surface area contributed by atoms with Gasteiger partial charge in [-0.2, -0.15) is 0 Å². The van der Waals surface area contributed by atoms with Crippen molar-refractivity contribution in [3.63, 3.8) is 0 Å². The lowest BCUT2D eigenvalue weighted by molar-refractivity contribution is -0.141. The molecule has 0 bridgehead atoms. The average molecular weight is 417 g/mol. The molecule has 0 aromatic carbocycles. The molecule has 0 amide bonds. The summed E-state index contributed by atoms with van der Waals surface area (Å²) in [5.41, 5.74) is 1.98. The van der Waals surface area contributed by atoms with E-state index < -0.39 is 0 Å². The van der Waals surface area contributed by atoms with Gasteiger partial charge in [0.15, 0.2) is 0 Å². The molecule has 0 saturated heterocycles. The third kappa shape index (κ3) is 2.90. The molecule has 1 heterocycles. The summed E-state index contributed by atoms with van der Waals surface area (Å²) in [6, 6.07) is 0. The molecule has 0 aromatic heterocycles. The van der Waals surface area contributed by atoms with E-state index in [0.29, 0.717) is 40.9 Å². The second-order valence-corrected chi connectivity index (χ2v) is 12.6. The predicted octanol–water partition coefficient (Wildman–Crippen LogP) is 5.70. The van der Waals surface area contributed by atoms with Crippen LogP contribution in [0.15, 0.2) is 11.3 Å². The van der Waals surface area contributed by atoms with Crippen LogP contribution in [0.4, 0.5) is 0 Å². The molecule has 5 aliphatic rings. The van der Waals surface area contributed by atoms with Crippen LogP contribution in [0.2, 0.25) is 0 Å². The van der Waals surface area contributed by atoms with E-state index in [2.05, 4.69) is 34.6 Å². The summed E-state index contributed by atoms with van der Waals surface area (Å²) in [7, 11) is 0. The van der Waals surface area contributed by atoms with Crippen molar-refractivity contribution in [2.75, 3.05) is 0 Å². The first-order chi connectivity index (χ1) is 14.2. The fraction of sp³-hybridized carbons (Fsp3) is 0.926. The second-order valence-electron chi connectivity index (χ2n) is 12.6. The van der Waals surface area contributed by atoms with E-state index in [1.807, 2.05) is 0 Å². The summed E-state index contributed by atoms with van der Waals surface area (Å²) in [5, 5.41) is 21.9. The maximum Gasteiger partial charge on any atom is 0.131 e. The van der Waals surface area contributed by atoms with Gasteiger partial charge in [0.2, 0.25) is 0 Å². The van der Waals surface area contributed by atoms with Crippen molar-refractivity contribution in [2.24, 2.45) is 46.3 Å². The van der Waals surface area contributed by atoms with Crippen LogP contribution in [0.3, 0.4) is 0 Å². The standard InChI is InChI=1S/C27H44O3/c1-15(2)6-9-21-16(3)22-25(30-21)24(29)23-19-8-7-17-14-18(28)10-12-26(17,4)20(19)11-13-27(22,23)5/h15,17-20,22-25,28-29H,6-14H2,1-5H3/t17?,18-,19+,20-,22-,23+,24+,25+,26-,27+/m0/s1. The molecule has 0 spiro atoms. The quantitative estimate of drug-likeness (QED) is 0.621. The highest BCUT2D eigenvalue weighted by atomic mass is 16.5. The van der Waals surface area contributed by atoms with Gasteiger partial charge in [-0.05, 0) is 104 Å². The number of fused-ring (bicyclic) bond motifs is 7. The van der Waals surface area contributed by atoms with E-state index in [1.165, 1.54) is 49.9 Å². The lowest BCUT2D eigenvalue weighted by Crippen LogP contribution is -2.55. The number of aliphatic hydroxyl groups excluding tert-OH is 2. The molecule has 4 aliphatic carbocycles. The Hall–Kier alpha value is -0.540. The number of rotatable bonds is 3. The van der Waals surface area contributed by atoms with Gasteiger partial charge in [-0.25, -0.2) is 0 Å². The minimum atomic E-state index is -0.325. The van der Waals surface area contributed by atoms with Crippen LogP contribution in [-0.2, 0) is 4.74 Å². The smallest absolute Gasteiger partial charge is 0.131 e. The van der Waals surface area contributed by atoms with Crippen molar-refractivity contribution in [3.05, 3.63) is 11.3 Å². The Kier molecular flexibility index (Phi) is 5.14. The van der Waals surface area contributed by atoms with Crippen LogP contribution in [0, 0.1) is 46.3 Å². The van der Waals surface area contributed by atoms with Gasteiger partial charge >= 0.3 is 0 Å². The molecule has 0 radical (unpaired) electrons. The molecule has 4 saturated carbocycles. The number of ether oxygens (including phenoxy) is 1. The first-order valence-corrected chi connectivity index (χ1v) is 12.9. The molecule has 30 heavy (non-hydrogen) atoms. The summed E-state index contributed by atoms with van der Waals surface area (Å²) in [6.45, 7) is 11.9. The lowest BCUT2D eigenvalue weighted by Gasteiger charge is -2.61. The molecule has 2 N–H and O–H groups in total. The summed E-state index contributed by atoms with van der Waals surface area (Å²) >= 11 is 0. The molecule has 3 nitrogen and oxygen atoms in total. The summed E-state index contributed by atoms with van der Waals surface area (Å²) in [5.74, 6) is 4.65. The zero-order valence-electron chi connectivity index (χ0n) is 19.9. The summed E-state index contributed by atoms with van der Waals surface area (Å²) < 4.78 is 6.54. The topological polar surface area (TPSA) is 49.7 Å². The Morgan fingerprint density at radius 3 is 2.50 bits per heavy atom. The van der Waals surface area contributed by atoms with Gasteiger partial charge in [-0.3, -0.25) is 0 Å². The van der Waals surface area contributed by atoms with Gasteiger partial charge in [0.25, 0.3) is 0 Å². The zero-order valence-corrected chi connectivity index (χ0v) is 19.9. The maximum atomic E-state index is 11.6. The fourth-order valence-electron chi connectivity index (χ4n) is 9.28. The maximum absolute atomic E-state index is 11.6. The van der Waals surface area contributed by atoms with Crippen LogP contribution < -0.4 is 0 Å². The molecule has 0 aromatic rings. The molecule has 3 heteroatoms. The van der Waals surface area contributed by atoms with E-state index in [-0.39, 0.29) is 23.7 Å². The first kappa shape index (κ1) is 21.3. The van der Waals surface area contributed by atoms with Gasteiger partial charge in [0.1, 0.15) is 6.10 Å². The van der Waals surface area contributed by atoms with Crippen LogP contribution in [0.5, 0.6) is 0 Å². The van der Waals surface area contributed by atoms with Crippen LogP contribution in [-0.4, -0.2) is 28.5 Å². The van der Waals surface area contributed by atoms with E-state index >= 15 is 0 Å². The molecule has 1 aliphatic heterocycles. The SMILES string of the molecule is CC1=C(CCC(C)C)O[C@H]2[C@H](O)[C@H]3[C@@H]4CCC5C[C@@H](O)CC[C@]5(C)[C@H]4CC[C@]3(C)[C@@H]12. The zero-order chi connectivity index (χ0) is 21.4. The number of aliphatic hydroxyl groups is 2. The van der Waals surface area contributed by atoms with E-state index in [4.69, 9.17) is 4.74 Å². The van der Waals surface area contributed by atoms with E-state index in [0.717, 1.165) is 19.3 Å². The predicted molar refractivity (Wildman–Crippen MR) is 120 cm³/mol. The average Bonchev–Trinajstić information content (AvgIpc) is 3.14. The normalized spacial score (nSPS) is 52.5. The molecule has 1 unspecified atom stereocenters. The molecule has 5 rings (SSSR count). The summed E-state index contributed by atoms with van der Waals surface area (Å²) in [6.07, 6.45) is 9.89. The second kappa shape index (κ2) is 7.24. The van der Waals surface area contributed by atoms with Gasteiger partial charge in [0.05, 0.1) is 18.0 Å². The van der Waals surface area contributed by atoms with Gasteiger partial charge in [-0.15, -0.1) is 0 Å². The fourth-order valence-corrected chi connectivity index (χ4v) is 9.28. The van der Waals surface area contributed by atoms with Gasteiger partial charge in [0, 0.05) is 12.3 Å². The minimum Gasteiger partial charge on any atom is -0.491 e. The highest BCUT2D eigenvalue weighted by molar-refractivity contribution is 5.28. The van der Waals surface area contributed by atoms with E-state index in [9.17, 15) is 10.2 Å².